The fourth-order valence-corrected chi connectivity index (χ4v) is 1.38. The minimum atomic E-state index is -0.882. The first-order valence-electron chi connectivity index (χ1n) is 3.76. The van der Waals surface area contributed by atoms with Gasteiger partial charge in [0.15, 0.2) is 0 Å². The number of hydrogen-bond donors (Lipinski definition) is 3. The second-order valence-corrected chi connectivity index (χ2v) is 3.32. The van der Waals surface area contributed by atoms with Gasteiger partial charge in [-0.1, -0.05) is 0 Å². The first-order chi connectivity index (χ1) is 5.47. The number of carbonyl (C=O) groups excluding carboxylic acids is 1. The van der Waals surface area contributed by atoms with Gasteiger partial charge in [-0.05, 0) is 19.8 Å². The molecule has 0 aromatic rings. The highest BCUT2D eigenvalue weighted by Gasteiger charge is 2.49. The SMILES string of the molecule is C[C@@]1(C(=O)O)CC[C@@H]1NC(N)=O. The lowest BCUT2D eigenvalue weighted by Gasteiger charge is -2.43. The van der Waals surface area contributed by atoms with E-state index in [4.69, 9.17) is 10.8 Å². The van der Waals surface area contributed by atoms with E-state index in [9.17, 15) is 9.59 Å². The molecule has 1 rings (SSSR count). The maximum absolute atomic E-state index is 10.7. The molecule has 4 N–H and O–H groups in total. The molecular formula is C7H12N2O3. The molecule has 0 unspecified atom stereocenters. The van der Waals surface area contributed by atoms with Crippen LogP contribution >= 0.6 is 0 Å². The Morgan fingerprint density at radius 1 is 1.67 bits per heavy atom. The maximum atomic E-state index is 10.7. The van der Waals surface area contributed by atoms with Gasteiger partial charge < -0.3 is 16.2 Å². The quantitative estimate of drug-likeness (QED) is 0.543. The van der Waals surface area contributed by atoms with E-state index in [1.807, 2.05) is 0 Å². The smallest absolute Gasteiger partial charge is 0.312 e. The summed E-state index contributed by atoms with van der Waals surface area (Å²) >= 11 is 0. The van der Waals surface area contributed by atoms with E-state index >= 15 is 0 Å². The van der Waals surface area contributed by atoms with Gasteiger partial charge >= 0.3 is 12.0 Å². The van der Waals surface area contributed by atoms with Crippen LogP contribution < -0.4 is 11.1 Å². The van der Waals surface area contributed by atoms with Crippen molar-refractivity contribution >= 4 is 12.0 Å². The minimum absolute atomic E-state index is 0.313. The predicted octanol–water partition coefficient (Wildman–Crippen LogP) is -0.0920. The predicted molar refractivity (Wildman–Crippen MR) is 41.5 cm³/mol. The van der Waals surface area contributed by atoms with Crippen molar-refractivity contribution in [2.45, 2.75) is 25.8 Å². The second-order valence-electron chi connectivity index (χ2n) is 3.32. The Morgan fingerprint density at radius 3 is 2.50 bits per heavy atom. The zero-order valence-corrected chi connectivity index (χ0v) is 6.83. The number of hydrogen-bond acceptors (Lipinski definition) is 2. The third-order valence-corrected chi connectivity index (χ3v) is 2.53. The second kappa shape index (κ2) is 2.66. The average Bonchev–Trinajstić information content (AvgIpc) is 1.96. The molecule has 2 amide bonds. The number of amides is 2. The van der Waals surface area contributed by atoms with Crippen LogP contribution in [0.15, 0.2) is 0 Å². The lowest BCUT2D eigenvalue weighted by molar-refractivity contribution is -0.155. The summed E-state index contributed by atoms with van der Waals surface area (Å²) in [5.74, 6) is -0.882. The van der Waals surface area contributed by atoms with Gasteiger partial charge in [0.05, 0.1) is 5.41 Å². The summed E-state index contributed by atoms with van der Waals surface area (Å²) in [5, 5.41) is 11.2. The van der Waals surface area contributed by atoms with Gasteiger partial charge in [-0.25, -0.2) is 4.79 Å². The normalized spacial score (nSPS) is 33.6. The summed E-state index contributed by atoms with van der Waals surface area (Å²) < 4.78 is 0. The number of carboxylic acids is 1. The Hall–Kier alpha value is -1.26. The zero-order valence-electron chi connectivity index (χ0n) is 6.83. The van der Waals surface area contributed by atoms with E-state index in [-0.39, 0.29) is 6.04 Å². The van der Waals surface area contributed by atoms with Gasteiger partial charge in [-0.3, -0.25) is 4.79 Å². The summed E-state index contributed by atoms with van der Waals surface area (Å²) in [5.41, 5.74) is 4.06. The lowest BCUT2D eigenvalue weighted by atomic mass is 9.66. The molecule has 0 aromatic carbocycles. The Morgan fingerprint density at radius 2 is 2.25 bits per heavy atom. The van der Waals surface area contributed by atoms with Crippen molar-refractivity contribution < 1.29 is 14.7 Å². The van der Waals surface area contributed by atoms with Crippen molar-refractivity contribution in [2.24, 2.45) is 11.1 Å². The summed E-state index contributed by atoms with van der Waals surface area (Å²) in [6.07, 6.45) is 1.28. The standard InChI is InChI=1S/C7H12N2O3/c1-7(5(10)11)3-2-4(7)9-6(8)12/h4H,2-3H2,1H3,(H,10,11)(H3,8,9,12)/t4-,7+/m0/s1. The van der Waals surface area contributed by atoms with E-state index in [1.165, 1.54) is 0 Å². The van der Waals surface area contributed by atoms with Gasteiger partial charge in [-0.15, -0.1) is 0 Å². The van der Waals surface area contributed by atoms with Gasteiger partial charge in [0.2, 0.25) is 0 Å². The van der Waals surface area contributed by atoms with Crippen LogP contribution in [-0.2, 0) is 4.79 Å². The van der Waals surface area contributed by atoms with Crippen LogP contribution in [0.5, 0.6) is 0 Å². The molecule has 0 aromatic heterocycles. The zero-order chi connectivity index (χ0) is 9.35. The number of carbonyl (C=O) groups is 2. The minimum Gasteiger partial charge on any atom is -0.481 e. The van der Waals surface area contributed by atoms with Crippen molar-refractivity contribution in [3.05, 3.63) is 0 Å². The third-order valence-electron chi connectivity index (χ3n) is 2.53. The van der Waals surface area contributed by atoms with Crippen LogP contribution in [0.3, 0.4) is 0 Å². The van der Waals surface area contributed by atoms with Crippen molar-refractivity contribution in [1.82, 2.24) is 5.32 Å². The van der Waals surface area contributed by atoms with Gasteiger partial charge in [-0.2, -0.15) is 0 Å². The molecule has 0 spiro atoms. The molecule has 68 valence electrons. The molecule has 5 heteroatoms. The first-order valence-corrected chi connectivity index (χ1v) is 3.76. The monoisotopic (exact) mass is 172 g/mol. The van der Waals surface area contributed by atoms with Crippen molar-refractivity contribution in [3.8, 4) is 0 Å². The number of aliphatic carboxylic acids is 1. The summed E-state index contributed by atoms with van der Waals surface area (Å²) in [4.78, 5) is 21.1. The number of primary amides is 1. The van der Waals surface area contributed by atoms with Crippen LogP contribution in [0.1, 0.15) is 19.8 Å². The highest BCUT2D eigenvalue weighted by Crippen LogP contribution is 2.40. The maximum Gasteiger partial charge on any atom is 0.312 e. The van der Waals surface area contributed by atoms with Crippen LogP contribution in [0.25, 0.3) is 0 Å². The van der Waals surface area contributed by atoms with Crippen LogP contribution in [0.2, 0.25) is 0 Å². The van der Waals surface area contributed by atoms with E-state index in [2.05, 4.69) is 5.32 Å². The van der Waals surface area contributed by atoms with Crippen molar-refractivity contribution in [2.75, 3.05) is 0 Å². The Balaban J connectivity index is 2.59. The number of nitrogens with two attached hydrogens (primary N) is 1. The van der Waals surface area contributed by atoms with E-state index in [0.717, 1.165) is 0 Å². The molecular weight excluding hydrogens is 160 g/mol. The highest BCUT2D eigenvalue weighted by molar-refractivity contribution is 5.79. The Kier molecular flexibility index (Phi) is 1.95. The molecule has 0 heterocycles. The molecule has 2 atom stereocenters. The molecule has 0 aliphatic heterocycles. The molecule has 1 fully saturated rings. The molecule has 12 heavy (non-hydrogen) atoms. The van der Waals surface area contributed by atoms with Crippen molar-refractivity contribution in [3.63, 3.8) is 0 Å². The van der Waals surface area contributed by atoms with E-state index < -0.39 is 17.4 Å². The molecule has 1 aliphatic rings. The topological polar surface area (TPSA) is 92.4 Å². The Labute approximate surface area is 69.9 Å². The third kappa shape index (κ3) is 1.22. The highest BCUT2D eigenvalue weighted by atomic mass is 16.4. The molecule has 0 bridgehead atoms. The summed E-state index contributed by atoms with van der Waals surface area (Å²) in [6.45, 7) is 1.61. The summed E-state index contributed by atoms with van der Waals surface area (Å²) in [6, 6.07) is -0.973. The van der Waals surface area contributed by atoms with Crippen LogP contribution in [-0.4, -0.2) is 23.1 Å². The number of rotatable bonds is 2. The molecule has 1 saturated carbocycles. The summed E-state index contributed by atoms with van der Waals surface area (Å²) in [7, 11) is 0. The van der Waals surface area contributed by atoms with E-state index in [0.29, 0.717) is 12.8 Å². The fourth-order valence-electron chi connectivity index (χ4n) is 1.38. The molecule has 0 saturated heterocycles. The lowest BCUT2D eigenvalue weighted by Crippen LogP contribution is -2.58. The molecule has 5 nitrogen and oxygen atoms in total. The van der Waals surface area contributed by atoms with Gasteiger partial charge in [0.1, 0.15) is 0 Å². The van der Waals surface area contributed by atoms with Crippen LogP contribution in [0.4, 0.5) is 4.79 Å². The van der Waals surface area contributed by atoms with Gasteiger partial charge in [0.25, 0.3) is 0 Å². The first kappa shape index (κ1) is 8.83. The molecule has 0 radical (unpaired) electrons. The molecule has 1 aliphatic carbocycles. The average molecular weight is 172 g/mol. The largest absolute Gasteiger partial charge is 0.481 e. The number of carboxylic acid groups (broad SMARTS) is 1. The van der Waals surface area contributed by atoms with Gasteiger partial charge in [0, 0.05) is 6.04 Å². The van der Waals surface area contributed by atoms with E-state index in [1.54, 1.807) is 6.92 Å². The fraction of sp³-hybridized carbons (Fsp3) is 0.714. The number of urea groups is 1. The number of nitrogens with one attached hydrogen (secondary N) is 1. The Bertz CT molecular complexity index is 229. The van der Waals surface area contributed by atoms with Crippen LogP contribution in [0, 0.1) is 5.41 Å². The van der Waals surface area contributed by atoms with Crippen molar-refractivity contribution in [1.29, 1.82) is 0 Å².